The number of sulfonamides is 1. The summed E-state index contributed by atoms with van der Waals surface area (Å²) in [4.78, 5) is 16.9. The number of carbonyl (C=O) groups excluding carboxylic acids is 1. The number of benzene rings is 2. The van der Waals surface area contributed by atoms with Gasteiger partial charge in [-0.05, 0) is 61.4 Å². The molecule has 1 heterocycles. The molecule has 0 spiro atoms. The van der Waals surface area contributed by atoms with E-state index in [2.05, 4.69) is 15.0 Å². The van der Waals surface area contributed by atoms with Crippen LogP contribution in [-0.2, 0) is 10.0 Å². The van der Waals surface area contributed by atoms with Gasteiger partial charge in [0.1, 0.15) is 0 Å². The second kappa shape index (κ2) is 6.92. The van der Waals surface area contributed by atoms with Gasteiger partial charge in [-0.2, -0.15) is 0 Å². The van der Waals surface area contributed by atoms with Gasteiger partial charge in [-0.15, -0.1) is 0 Å². The van der Waals surface area contributed by atoms with E-state index in [1.54, 1.807) is 30.5 Å². The maximum atomic E-state index is 12.6. The minimum Gasteiger partial charge on any atom is -0.321 e. The molecule has 0 radical (unpaired) electrons. The number of nitrogens with zero attached hydrogens (tertiary/aromatic N) is 1. The number of nitrogens with one attached hydrogen (secondary N) is 2. The number of fused-ring (bicyclic) bond motifs is 1. The highest BCUT2D eigenvalue weighted by molar-refractivity contribution is 7.89. The van der Waals surface area contributed by atoms with Crippen LogP contribution in [0.3, 0.4) is 0 Å². The van der Waals surface area contributed by atoms with Gasteiger partial charge in [0, 0.05) is 28.2 Å². The molecule has 8 heteroatoms. The van der Waals surface area contributed by atoms with E-state index in [0.717, 1.165) is 18.2 Å². The Hall–Kier alpha value is -2.48. The Balaban J connectivity index is 1.55. The van der Waals surface area contributed by atoms with Crippen molar-refractivity contribution in [3.05, 3.63) is 65.3 Å². The van der Waals surface area contributed by atoms with E-state index in [-0.39, 0.29) is 16.8 Å². The minimum absolute atomic E-state index is 0.0337. The molecule has 138 valence electrons. The van der Waals surface area contributed by atoms with Gasteiger partial charge in [0.15, 0.2) is 0 Å². The van der Waals surface area contributed by atoms with Gasteiger partial charge >= 0.3 is 0 Å². The molecule has 1 fully saturated rings. The summed E-state index contributed by atoms with van der Waals surface area (Å²) in [7, 11) is -3.53. The molecule has 1 aliphatic carbocycles. The average molecular weight is 402 g/mol. The lowest BCUT2D eigenvalue weighted by molar-refractivity contribution is 0.102. The Morgan fingerprint density at radius 1 is 1.07 bits per heavy atom. The number of carbonyl (C=O) groups is 1. The van der Waals surface area contributed by atoms with Gasteiger partial charge in [0.25, 0.3) is 5.91 Å². The SMILES string of the molecule is O=C(Nc1ccnc2cc(Cl)ccc12)c1ccc(S(=O)(=O)NC2CC2)cc1. The van der Waals surface area contributed by atoms with E-state index in [1.165, 1.54) is 24.3 Å². The lowest BCUT2D eigenvalue weighted by atomic mass is 10.1. The van der Waals surface area contributed by atoms with E-state index in [0.29, 0.717) is 21.8 Å². The highest BCUT2D eigenvalue weighted by Gasteiger charge is 2.28. The predicted octanol–water partition coefficient (Wildman–Crippen LogP) is 3.58. The van der Waals surface area contributed by atoms with Crippen LogP contribution in [0.4, 0.5) is 5.69 Å². The topological polar surface area (TPSA) is 88.2 Å². The molecule has 27 heavy (non-hydrogen) atoms. The molecule has 1 aromatic heterocycles. The second-order valence-electron chi connectivity index (χ2n) is 6.39. The first-order valence-electron chi connectivity index (χ1n) is 8.40. The molecular formula is C19H16ClN3O3S. The van der Waals surface area contributed by atoms with Crippen LogP contribution in [0.2, 0.25) is 5.02 Å². The van der Waals surface area contributed by atoms with Gasteiger partial charge in [0.2, 0.25) is 10.0 Å². The number of halogens is 1. The maximum Gasteiger partial charge on any atom is 0.255 e. The van der Waals surface area contributed by atoms with Crippen molar-refractivity contribution in [2.45, 2.75) is 23.8 Å². The number of pyridine rings is 1. The van der Waals surface area contributed by atoms with E-state index in [9.17, 15) is 13.2 Å². The van der Waals surface area contributed by atoms with E-state index in [1.807, 2.05) is 0 Å². The molecule has 0 atom stereocenters. The van der Waals surface area contributed by atoms with Crippen LogP contribution >= 0.6 is 11.6 Å². The van der Waals surface area contributed by atoms with Crippen LogP contribution in [-0.4, -0.2) is 25.4 Å². The summed E-state index contributed by atoms with van der Waals surface area (Å²) in [5.74, 6) is -0.337. The van der Waals surface area contributed by atoms with Crippen LogP contribution in [0.15, 0.2) is 59.6 Å². The standard InChI is InChI=1S/C19H16ClN3O3S/c20-13-3-8-16-17(9-10-21-18(16)11-13)22-19(24)12-1-6-15(7-2-12)27(25,26)23-14-4-5-14/h1-3,6-11,14,23H,4-5H2,(H,21,22,24). The van der Waals surface area contributed by atoms with E-state index in [4.69, 9.17) is 11.6 Å². The van der Waals surface area contributed by atoms with Crippen molar-refractivity contribution in [1.82, 2.24) is 9.71 Å². The first-order chi connectivity index (χ1) is 12.9. The highest BCUT2D eigenvalue weighted by Crippen LogP contribution is 2.25. The monoisotopic (exact) mass is 401 g/mol. The summed E-state index contributed by atoms with van der Waals surface area (Å²) < 4.78 is 27.0. The predicted molar refractivity (Wildman–Crippen MR) is 104 cm³/mol. The molecule has 3 aromatic rings. The first kappa shape index (κ1) is 17.9. The van der Waals surface area contributed by atoms with Crippen LogP contribution in [0.5, 0.6) is 0 Å². The van der Waals surface area contributed by atoms with Crippen LogP contribution in [0, 0.1) is 0 Å². The summed E-state index contributed by atoms with van der Waals surface area (Å²) in [5, 5.41) is 4.17. The molecule has 1 amide bonds. The normalized spacial score (nSPS) is 14.3. The van der Waals surface area contributed by atoms with Gasteiger partial charge < -0.3 is 5.32 Å². The van der Waals surface area contributed by atoms with E-state index >= 15 is 0 Å². The van der Waals surface area contributed by atoms with Gasteiger partial charge in [0.05, 0.1) is 16.1 Å². The molecule has 1 saturated carbocycles. The quantitative estimate of drug-likeness (QED) is 0.683. The lowest BCUT2D eigenvalue weighted by Crippen LogP contribution is -2.25. The van der Waals surface area contributed by atoms with Crippen molar-refractivity contribution >= 4 is 44.1 Å². The Morgan fingerprint density at radius 3 is 2.52 bits per heavy atom. The molecule has 0 bridgehead atoms. The van der Waals surface area contributed by atoms with Crippen LogP contribution in [0.1, 0.15) is 23.2 Å². The third-order valence-electron chi connectivity index (χ3n) is 4.28. The molecule has 2 aromatic carbocycles. The number of amides is 1. The molecule has 4 rings (SSSR count). The van der Waals surface area contributed by atoms with Crippen molar-refractivity contribution in [1.29, 1.82) is 0 Å². The number of anilines is 1. The molecule has 0 saturated heterocycles. The zero-order valence-corrected chi connectivity index (χ0v) is 15.7. The fraction of sp³-hybridized carbons (Fsp3) is 0.158. The third kappa shape index (κ3) is 3.95. The van der Waals surface area contributed by atoms with Crippen molar-refractivity contribution in [3.8, 4) is 0 Å². The molecule has 0 unspecified atom stereocenters. The van der Waals surface area contributed by atoms with Crippen LogP contribution in [0.25, 0.3) is 10.9 Å². The van der Waals surface area contributed by atoms with Crippen molar-refractivity contribution < 1.29 is 13.2 Å². The Morgan fingerprint density at radius 2 is 1.81 bits per heavy atom. The van der Waals surface area contributed by atoms with Gasteiger partial charge in [-0.1, -0.05) is 11.6 Å². The number of rotatable bonds is 5. The van der Waals surface area contributed by atoms with E-state index < -0.39 is 10.0 Å². The Labute approximate surface area is 161 Å². The zero-order chi connectivity index (χ0) is 19.0. The van der Waals surface area contributed by atoms with Crippen molar-refractivity contribution in [2.75, 3.05) is 5.32 Å². The molecule has 1 aliphatic rings. The average Bonchev–Trinajstić information content (AvgIpc) is 3.45. The number of hydrogen-bond donors (Lipinski definition) is 2. The Bertz CT molecular complexity index is 1130. The van der Waals surface area contributed by atoms with Gasteiger partial charge in [-0.3, -0.25) is 9.78 Å². The Kier molecular flexibility index (Phi) is 4.59. The molecule has 0 aliphatic heterocycles. The zero-order valence-electron chi connectivity index (χ0n) is 14.1. The molecule has 6 nitrogen and oxygen atoms in total. The fourth-order valence-corrected chi connectivity index (χ4v) is 4.17. The summed E-state index contributed by atoms with van der Waals surface area (Å²) in [5.41, 5.74) is 1.64. The molecular weight excluding hydrogens is 386 g/mol. The molecule has 2 N–H and O–H groups in total. The summed E-state index contributed by atoms with van der Waals surface area (Å²) in [6.07, 6.45) is 3.32. The third-order valence-corrected chi connectivity index (χ3v) is 6.05. The highest BCUT2D eigenvalue weighted by atomic mass is 35.5. The number of hydrogen-bond acceptors (Lipinski definition) is 4. The van der Waals surface area contributed by atoms with Crippen molar-refractivity contribution in [2.24, 2.45) is 0 Å². The van der Waals surface area contributed by atoms with Gasteiger partial charge in [-0.25, -0.2) is 13.1 Å². The number of aromatic nitrogens is 1. The van der Waals surface area contributed by atoms with Crippen LogP contribution < -0.4 is 10.0 Å². The lowest BCUT2D eigenvalue weighted by Gasteiger charge is -2.10. The minimum atomic E-state index is -3.53. The summed E-state index contributed by atoms with van der Waals surface area (Å²) >= 11 is 5.98. The maximum absolute atomic E-state index is 12.6. The largest absolute Gasteiger partial charge is 0.321 e. The summed E-state index contributed by atoms with van der Waals surface area (Å²) in [6, 6.07) is 12.8. The second-order valence-corrected chi connectivity index (χ2v) is 8.54. The first-order valence-corrected chi connectivity index (χ1v) is 10.3. The van der Waals surface area contributed by atoms with Crippen molar-refractivity contribution in [3.63, 3.8) is 0 Å². The fourth-order valence-electron chi connectivity index (χ4n) is 2.70. The summed E-state index contributed by atoms with van der Waals surface area (Å²) in [6.45, 7) is 0. The smallest absolute Gasteiger partial charge is 0.255 e.